The molecule has 1 heterocycles. The number of rotatable bonds is 3. The molecule has 0 bridgehead atoms. The summed E-state index contributed by atoms with van der Waals surface area (Å²) in [4.78, 5) is 14.7. The molecule has 31 heavy (non-hydrogen) atoms. The maximum atomic E-state index is 13.0. The van der Waals surface area contributed by atoms with Gasteiger partial charge in [-0.2, -0.15) is 4.80 Å². The summed E-state index contributed by atoms with van der Waals surface area (Å²) in [6, 6.07) is 23.6. The van der Waals surface area contributed by atoms with Gasteiger partial charge in [-0.05, 0) is 84.6 Å². The zero-order chi connectivity index (χ0) is 21.5. The molecule has 1 aromatic heterocycles. The number of carbonyl (C=O) groups is 1. The molecule has 5 rings (SSSR count). The van der Waals surface area contributed by atoms with E-state index in [4.69, 9.17) is 0 Å². The number of nitrogens with zero attached hydrogens (tertiary/aromatic N) is 3. The van der Waals surface area contributed by atoms with Crippen LogP contribution in [0, 0.1) is 20.8 Å². The first-order chi connectivity index (χ1) is 15.0. The van der Waals surface area contributed by atoms with Crippen LogP contribution in [0.4, 0.5) is 5.69 Å². The summed E-state index contributed by atoms with van der Waals surface area (Å²) in [6.07, 6.45) is 0. The van der Waals surface area contributed by atoms with Crippen molar-refractivity contribution in [3.63, 3.8) is 0 Å². The molecule has 4 aromatic carbocycles. The summed E-state index contributed by atoms with van der Waals surface area (Å²) in [5.74, 6) is -0.142. The van der Waals surface area contributed by atoms with Gasteiger partial charge < -0.3 is 5.32 Å². The average Bonchev–Trinajstić information content (AvgIpc) is 3.19. The van der Waals surface area contributed by atoms with Gasteiger partial charge in [-0.3, -0.25) is 4.79 Å². The third-order valence-electron chi connectivity index (χ3n) is 5.75. The maximum Gasteiger partial charge on any atom is 0.256 e. The second-order valence-electron chi connectivity index (χ2n) is 7.89. The van der Waals surface area contributed by atoms with Gasteiger partial charge in [-0.25, -0.2) is 0 Å². The summed E-state index contributed by atoms with van der Waals surface area (Å²) in [7, 11) is 0. The van der Waals surface area contributed by atoms with Crippen LogP contribution in [0.15, 0.2) is 72.8 Å². The zero-order valence-electron chi connectivity index (χ0n) is 17.7. The number of carbonyl (C=O) groups excluding carboxylic acids is 1. The molecule has 0 atom stereocenters. The SMILES string of the molecule is Cc1ccc(-n2nc3ccc(NC(=O)c4ccc(C)c5ccccc45)cc3n2)cc1C. The summed E-state index contributed by atoms with van der Waals surface area (Å²) in [5.41, 5.74) is 7.33. The summed E-state index contributed by atoms with van der Waals surface area (Å²) >= 11 is 0. The Kier molecular flexibility index (Phi) is 4.51. The highest BCUT2D eigenvalue weighted by atomic mass is 16.1. The first-order valence-electron chi connectivity index (χ1n) is 10.2. The van der Waals surface area contributed by atoms with Crippen LogP contribution in [0.2, 0.25) is 0 Å². The molecule has 0 fully saturated rings. The number of hydrogen-bond donors (Lipinski definition) is 1. The normalized spacial score (nSPS) is 11.2. The minimum Gasteiger partial charge on any atom is -0.322 e. The van der Waals surface area contributed by atoms with Crippen molar-refractivity contribution in [3.05, 3.63) is 95.1 Å². The number of anilines is 1. The predicted molar refractivity (Wildman–Crippen MR) is 125 cm³/mol. The van der Waals surface area contributed by atoms with Gasteiger partial charge in [-0.15, -0.1) is 10.2 Å². The van der Waals surface area contributed by atoms with Crippen molar-refractivity contribution >= 4 is 33.4 Å². The van der Waals surface area contributed by atoms with E-state index in [-0.39, 0.29) is 5.91 Å². The van der Waals surface area contributed by atoms with E-state index in [0.717, 1.165) is 33.1 Å². The van der Waals surface area contributed by atoms with Crippen LogP contribution in [0.25, 0.3) is 27.5 Å². The first kappa shape index (κ1) is 19.0. The van der Waals surface area contributed by atoms with Gasteiger partial charge in [0.2, 0.25) is 0 Å². The lowest BCUT2D eigenvalue weighted by Gasteiger charge is -2.10. The van der Waals surface area contributed by atoms with Gasteiger partial charge in [0.15, 0.2) is 0 Å². The number of aromatic nitrogens is 3. The first-order valence-corrected chi connectivity index (χ1v) is 10.2. The molecule has 152 valence electrons. The van der Waals surface area contributed by atoms with Gasteiger partial charge in [0.05, 0.1) is 5.69 Å². The van der Waals surface area contributed by atoms with Gasteiger partial charge in [0, 0.05) is 11.3 Å². The van der Waals surface area contributed by atoms with E-state index in [1.165, 1.54) is 11.1 Å². The average molecular weight is 406 g/mol. The Bertz CT molecular complexity index is 1470. The largest absolute Gasteiger partial charge is 0.322 e. The van der Waals surface area contributed by atoms with Gasteiger partial charge in [-0.1, -0.05) is 36.4 Å². The number of nitrogens with one attached hydrogen (secondary N) is 1. The zero-order valence-corrected chi connectivity index (χ0v) is 17.7. The minimum atomic E-state index is -0.142. The highest BCUT2D eigenvalue weighted by Gasteiger charge is 2.13. The lowest BCUT2D eigenvalue weighted by atomic mass is 10.00. The Labute approximate surface area is 180 Å². The van der Waals surface area contributed by atoms with Crippen molar-refractivity contribution in [2.45, 2.75) is 20.8 Å². The van der Waals surface area contributed by atoms with E-state index < -0.39 is 0 Å². The topological polar surface area (TPSA) is 59.8 Å². The third kappa shape index (κ3) is 3.44. The van der Waals surface area contributed by atoms with Crippen molar-refractivity contribution in [1.82, 2.24) is 15.0 Å². The molecule has 0 unspecified atom stereocenters. The number of amides is 1. The second kappa shape index (κ2) is 7.36. The molecule has 5 aromatic rings. The van der Waals surface area contributed by atoms with E-state index >= 15 is 0 Å². The van der Waals surface area contributed by atoms with Crippen molar-refractivity contribution < 1.29 is 4.79 Å². The highest BCUT2D eigenvalue weighted by Crippen LogP contribution is 2.24. The molecule has 0 saturated carbocycles. The Hall–Kier alpha value is -3.99. The lowest BCUT2D eigenvalue weighted by Crippen LogP contribution is -2.12. The fraction of sp³-hybridized carbons (Fsp3) is 0.115. The molecule has 0 saturated heterocycles. The van der Waals surface area contributed by atoms with Crippen molar-refractivity contribution in [2.75, 3.05) is 5.32 Å². The Morgan fingerprint density at radius 2 is 1.48 bits per heavy atom. The van der Waals surface area contributed by atoms with E-state index in [9.17, 15) is 4.79 Å². The molecule has 0 aliphatic rings. The number of fused-ring (bicyclic) bond motifs is 2. The quantitative estimate of drug-likeness (QED) is 0.415. The maximum absolute atomic E-state index is 13.0. The van der Waals surface area contributed by atoms with Crippen molar-refractivity contribution in [3.8, 4) is 5.69 Å². The lowest BCUT2D eigenvalue weighted by molar-refractivity contribution is 0.102. The molecule has 0 spiro atoms. The molecule has 5 heteroatoms. The van der Waals surface area contributed by atoms with E-state index in [2.05, 4.69) is 48.4 Å². The van der Waals surface area contributed by atoms with Crippen LogP contribution in [-0.2, 0) is 0 Å². The van der Waals surface area contributed by atoms with Gasteiger partial charge in [0.25, 0.3) is 5.91 Å². The van der Waals surface area contributed by atoms with Crippen molar-refractivity contribution in [1.29, 1.82) is 0 Å². The fourth-order valence-corrected chi connectivity index (χ4v) is 3.80. The smallest absolute Gasteiger partial charge is 0.256 e. The van der Waals surface area contributed by atoms with Crippen LogP contribution in [0.3, 0.4) is 0 Å². The summed E-state index contributed by atoms with van der Waals surface area (Å²) in [5, 5.41) is 14.2. The van der Waals surface area contributed by atoms with Gasteiger partial charge in [0.1, 0.15) is 11.0 Å². The van der Waals surface area contributed by atoms with Gasteiger partial charge >= 0.3 is 0 Å². The standard InChI is InChI=1S/C26H22N4O/c1-16-8-11-20(14-18(16)3)30-28-24-13-10-19(15-25(24)29-30)27-26(31)23-12-9-17(2)21-6-4-5-7-22(21)23/h4-15H,1-3H3,(H,27,31). The molecule has 1 amide bonds. The van der Waals surface area contributed by atoms with Crippen LogP contribution >= 0.6 is 0 Å². The minimum absolute atomic E-state index is 0.142. The highest BCUT2D eigenvalue weighted by molar-refractivity contribution is 6.13. The Morgan fingerprint density at radius 1 is 0.742 bits per heavy atom. The predicted octanol–water partition coefficient (Wildman–Crippen LogP) is 5.75. The molecule has 0 aliphatic heterocycles. The van der Waals surface area contributed by atoms with E-state index in [0.29, 0.717) is 11.3 Å². The Morgan fingerprint density at radius 3 is 2.29 bits per heavy atom. The van der Waals surface area contributed by atoms with Crippen LogP contribution in [-0.4, -0.2) is 20.9 Å². The summed E-state index contributed by atoms with van der Waals surface area (Å²) in [6.45, 7) is 6.21. The number of hydrogen-bond acceptors (Lipinski definition) is 3. The van der Waals surface area contributed by atoms with Crippen LogP contribution in [0.5, 0.6) is 0 Å². The monoisotopic (exact) mass is 406 g/mol. The number of benzene rings is 4. The molecule has 0 aliphatic carbocycles. The van der Waals surface area contributed by atoms with Crippen LogP contribution in [0.1, 0.15) is 27.0 Å². The molecule has 5 nitrogen and oxygen atoms in total. The van der Waals surface area contributed by atoms with Crippen molar-refractivity contribution in [2.24, 2.45) is 0 Å². The molecular weight excluding hydrogens is 384 g/mol. The molecular formula is C26H22N4O. The summed E-state index contributed by atoms with van der Waals surface area (Å²) < 4.78 is 0. The van der Waals surface area contributed by atoms with E-state index in [1.807, 2.05) is 60.7 Å². The third-order valence-corrected chi connectivity index (χ3v) is 5.75. The molecule has 1 N–H and O–H groups in total. The fourth-order valence-electron chi connectivity index (χ4n) is 3.80. The Balaban J connectivity index is 1.47. The number of aryl methyl sites for hydroxylation is 3. The molecule has 0 radical (unpaired) electrons. The van der Waals surface area contributed by atoms with E-state index in [1.54, 1.807) is 4.80 Å². The second-order valence-corrected chi connectivity index (χ2v) is 7.89. The van der Waals surface area contributed by atoms with Crippen LogP contribution < -0.4 is 5.32 Å².